The average molecular weight is 322 g/mol. The molecule has 1 atom stereocenters. The van der Waals surface area contributed by atoms with Crippen LogP contribution in [0.3, 0.4) is 0 Å². The Balaban J connectivity index is 1.55. The summed E-state index contributed by atoms with van der Waals surface area (Å²) in [5.41, 5.74) is 2.77. The fourth-order valence-electron chi connectivity index (χ4n) is 2.29. The maximum Gasteiger partial charge on any atom is 0.215 e. The molecular weight excluding hydrogens is 304 g/mol. The zero-order chi connectivity index (χ0) is 15.6. The number of aryl methyl sites for hydroxylation is 1. The maximum atomic E-state index is 12.1. The van der Waals surface area contributed by atoms with Crippen LogP contribution in [-0.4, -0.2) is 36.1 Å². The van der Waals surface area contributed by atoms with E-state index in [9.17, 15) is 8.42 Å². The lowest BCUT2D eigenvalue weighted by Gasteiger charge is -2.23. The number of hydrogen-bond acceptors (Lipinski definition) is 5. The second-order valence-corrected chi connectivity index (χ2v) is 7.24. The van der Waals surface area contributed by atoms with Crippen LogP contribution in [0.25, 0.3) is 0 Å². The topological polar surface area (TPSA) is 86.1 Å². The number of nitrogens with zero attached hydrogens (tertiary/aromatic N) is 3. The summed E-state index contributed by atoms with van der Waals surface area (Å²) in [7, 11) is -3.39. The monoisotopic (exact) mass is 322 g/mol. The molecule has 3 rings (SSSR count). The Morgan fingerprint density at radius 2 is 2.14 bits per heavy atom. The van der Waals surface area contributed by atoms with Crippen LogP contribution in [-0.2, 0) is 33.7 Å². The predicted octanol–water partition coefficient (Wildman–Crippen LogP) is 0.605. The van der Waals surface area contributed by atoms with E-state index in [0.717, 1.165) is 16.8 Å². The summed E-state index contributed by atoms with van der Waals surface area (Å²) in [6.07, 6.45) is 1.42. The highest BCUT2D eigenvalue weighted by Gasteiger charge is 2.22. The molecule has 1 N–H and O–H groups in total. The van der Waals surface area contributed by atoms with Gasteiger partial charge >= 0.3 is 0 Å². The molecule has 0 radical (unpaired) electrons. The van der Waals surface area contributed by atoms with Crippen LogP contribution in [0.1, 0.15) is 16.8 Å². The quantitative estimate of drug-likeness (QED) is 0.871. The summed E-state index contributed by atoms with van der Waals surface area (Å²) >= 11 is 0. The van der Waals surface area contributed by atoms with Crippen LogP contribution < -0.4 is 4.72 Å². The van der Waals surface area contributed by atoms with Gasteiger partial charge in [-0.05, 0) is 12.5 Å². The van der Waals surface area contributed by atoms with Crippen molar-refractivity contribution in [3.05, 3.63) is 47.3 Å². The van der Waals surface area contributed by atoms with E-state index in [2.05, 4.69) is 15.0 Å². The maximum absolute atomic E-state index is 12.1. The van der Waals surface area contributed by atoms with Crippen molar-refractivity contribution in [2.24, 2.45) is 0 Å². The Labute approximate surface area is 129 Å². The largest absolute Gasteiger partial charge is 0.369 e. The normalized spacial score (nSPS) is 18.1. The molecule has 1 aliphatic heterocycles. The van der Waals surface area contributed by atoms with Gasteiger partial charge in [0.2, 0.25) is 10.0 Å². The summed E-state index contributed by atoms with van der Waals surface area (Å²) in [6.45, 7) is 3.10. The van der Waals surface area contributed by atoms with Gasteiger partial charge in [-0.1, -0.05) is 35.0 Å². The number of sulfonamides is 1. The van der Waals surface area contributed by atoms with E-state index >= 15 is 0 Å². The van der Waals surface area contributed by atoms with Gasteiger partial charge in [-0.3, -0.25) is 0 Å². The first-order chi connectivity index (χ1) is 10.5. The zero-order valence-corrected chi connectivity index (χ0v) is 13.1. The second kappa shape index (κ2) is 6.15. The van der Waals surface area contributed by atoms with Crippen LogP contribution >= 0.6 is 0 Å². The smallest absolute Gasteiger partial charge is 0.215 e. The third-order valence-corrected chi connectivity index (χ3v) is 4.87. The number of fused-ring (bicyclic) bond motifs is 1. The molecule has 7 nitrogen and oxygen atoms in total. The van der Waals surface area contributed by atoms with Gasteiger partial charge in [-0.15, -0.1) is 5.10 Å². The lowest BCUT2D eigenvalue weighted by Crippen LogP contribution is -2.39. The van der Waals surface area contributed by atoms with Crippen molar-refractivity contribution >= 4 is 10.0 Å². The van der Waals surface area contributed by atoms with Crippen LogP contribution in [0.2, 0.25) is 0 Å². The van der Waals surface area contributed by atoms with Gasteiger partial charge < -0.3 is 4.74 Å². The fourth-order valence-corrected chi connectivity index (χ4v) is 3.46. The van der Waals surface area contributed by atoms with Crippen LogP contribution in [0.15, 0.2) is 30.5 Å². The third kappa shape index (κ3) is 3.70. The molecule has 8 heteroatoms. The molecule has 0 saturated heterocycles. The van der Waals surface area contributed by atoms with Crippen molar-refractivity contribution in [1.82, 2.24) is 19.7 Å². The molecule has 0 aliphatic carbocycles. The van der Waals surface area contributed by atoms with Crippen molar-refractivity contribution in [2.75, 3.05) is 6.54 Å². The molecule has 0 bridgehead atoms. The molecule has 1 aromatic heterocycles. The first-order valence-electron chi connectivity index (χ1n) is 7.04. The molecule has 0 unspecified atom stereocenters. The lowest BCUT2D eigenvalue weighted by molar-refractivity contribution is 0.00404. The van der Waals surface area contributed by atoms with Gasteiger partial charge in [-0.25, -0.2) is 17.8 Å². The minimum atomic E-state index is -3.39. The number of hydrogen-bond donors (Lipinski definition) is 1. The van der Waals surface area contributed by atoms with Crippen LogP contribution in [0.5, 0.6) is 0 Å². The standard InChI is InChI=1S/C14H18N4O3S/c1-11-2-4-12(5-3-11)10-22(19,20)16-7-14-8-18-13(9-21-14)6-15-17-18/h2-6,14,16H,7-10H2,1H3/t14-/m1/s1. The van der Waals surface area contributed by atoms with Gasteiger partial charge in [-0.2, -0.15) is 0 Å². The second-order valence-electron chi connectivity index (χ2n) is 5.43. The Hall–Kier alpha value is -1.77. The van der Waals surface area contributed by atoms with Gasteiger partial charge in [0.1, 0.15) is 0 Å². The highest BCUT2D eigenvalue weighted by Crippen LogP contribution is 2.12. The molecule has 0 amide bonds. The minimum absolute atomic E-state index is 0.0332. The summed E-state index contributed by atoms with van der Waals surface area (Å²) in [4.78, 5) is 0. The predicted molar refractivity (Wildman–Crippen MR) is 80.4 cm³/mol. The van der Waals surface area contributed by atoms with E-state index in [1.165, 1.54) is 0 Å². The molecule has 0 fully saturated rings. The fraction of sp³-hybridized carbons (Fsp3) is 0.429. The Morgan fingerprint density at radius 3 is 2.91 bits per heavy atom. The summed E-state index contributed by atoms with van der Waals surface area (Å²) in [6, 6.07) is 7.46. The lowest BCUT2D eigenvalue weighted by atomic mass is 10.2. The molecule has 22 heavy (non-hydrogen) atoms. The molecule has 2 heterocycles. The number of benzene rings is 1. The summed E-state index contributed by atoms with van der Waals surface area (Å²) in [5, 5.41) is 7.74. The molecule has 1 aromatic carbocycles. The molecule has 118 valence electrons. The van der Waals surface area contributed by atoms with Gasteiger partial charge in [0, 0.05) is 6.54 Å². The molecule has 0 saturated carbocycles. The van der Waals surface area contributed by atoms with Crippen molar-refractivity contribution in [3.63, 3.8) is 0 Å². The third-order valence-electron chi connectivity index (χ3n) is 3.55. The first kappa shape index (κ1) is 15.1. The number of ether oxygens (including phenoxy) is 1. The van der Waals surface area contributed by atoms with E-state index in [-0.39, 0.29) is 18.4 Å². The van der Waals surface area contributed by atoms with Gasteiger partial charge in [0.15, 0.2) is 0 Å². The van der Waals surface area contributed by atoms with Crippen LogP contribution in [0.4, 0.5) is 0 Å². The van der Waals surface area contributed by atoms with E-state index in [0.29, 0.717) is 13.2 Å². The average Bonchev–Trinajstić information content (AvgIpc) is 2.95. The first-order valence-corrected chi connectivity index (χ1v) is 8.69. The van der Waals surface area contributed by atoms with E-state index in [1.54, 1.807) is 10.9 Å². The Morgan fingerprint density at radius 1 is 1.36 bits per heavy atom. The van der Waals surface area contributed by atoms with Crippen molar-refractivity contribution in [2.45, 2.75) is 31.9 Å². The summed E-state index contributed by atoms with van der Waals surface area (Å²) in [5.74, 6) is -0.0332. The number of aromatic nitrogens is 3. The SMILES string of the molecule is Cc1ccc(CS(=O)(=O)NC[C@@H]2Cn3nncc3CO2)cc1. The van der Waals surface area contributed by atoms with E-state index < -0.39 is 10.0 Å². The highest BCUT2D eigenvalue weighted by atomic mass is 32.2. The van der Waals surface area contributed by atoms with Crippen molar-refractivity contribution < 1.29 is 13.2 Å². The minimum Gasteiger partial charge on any atom is -0.369 e. The highest BCUT2D eigenvalue weighted by molar-refractivity contribution is 7.88. The number of rotatable bonds is 5. The van der Waals surface area contributed by atoms with E-state index in [1.807, 2.05) is 31.2 Å². The summed E-state index contributed by atoms with van der Waals surface area (Å²) < 4.78 is 34.2. The van der Waals surface area contributed by atoms with Crippen molar-refractivity contribution in [3.8, 4) is 0 Å². The Kier molecular flexibility index (Phi) is 4.23. The zero-order valence-electron chi connectivity index (χ0n) is 12.3. The molecule has 2 aromatic rings. The van der Waals surface area contributed by atoms with Crippen LogP contribution in [0, 0.1) is 6.92 Å². The van der Waals surface area contributed by atoms with Crippen molar-refractivity contribution in [1.29, 1.82) is 0 Å². The van der Waals surface area contributed by atoms with Gasteiger partial charge in [0.25, 0.3) is 0 Å². The van der Waals surface area contributed by atoms with E-state index in [4.69, 9.17) is 4.74 Å². The molecule has 0 spiro atoms. The molecular formula is C14H18N4O3S. The number of nitrogens with one attached hydrogen (secondary N) is 1. The molecule has 1 aliphatic rings. The Bertz CT molecular complexity index is 740. The van der Waals surface area contributed by atoms with Gasteiger partial charge in [0.05, 0.1) is 36.9 Å².